The van der Waals surface area contributed by atoms with E-state index in [9.17, 15) is 0 Å². The van der Waals surface area contributed by atoms with Crippen molar-refractivity contribution in [3.8, 4) is 33.4 Å². The first-order chi connectivity index (χ1) is 19.5. The molecule has 7 aromatic rings. The Bertz CT molecular complexity index is 1950. The van der Waals surface area contributed by atoms with Crippen LogP contribution in [0.5, 0.6) is 0 Å². The molecule has 0 amide bonds. The fourth-order valence-electron chi connectivity index (χ4n) is 6.17. The van der Waals surface area contributed by atoms with Gasteiger partial charge in [-0.1, -0.05) is 148 Å². The minimum atomic E-state index is 0.121. The summed E-state index contributed by atoms with van der Waals surface area (Å²) in [6.07, 6.45) is 0. The number of hydrogen-bond donors (Lipinski definition) is 0. The predicted octanol–water partition coefficient (Wildman–Crippen LogP) is 11.4. The number of hydrogen-bond acceptors (Lipinski definition) is 0. The van der Waals surface area contributed by atoms with Crippen molar-refractivity contribution in [1.82, 2.24) is 0 Å². The fraction of sp³-hybridized carbons (Fsp3) is 0.100. The Hall–Kier alpha value is -4.68. The van der Waals surface area contributed by atoms with Crippen molar-refractivity contribution in [1.29, 1.82) is 0 Å². The van der Waals surface area contributed by atoms with Crippen molar-refractivity contribution in [3.63, 3.8) is 0 Å². The molecule has 0 atom stereocenters. The van der Waals surface area contributed by atoms with Crippen LogP contribution in [0.4, 0.5) is 0 Å². The highest BCUT2D eigenvalue weighted by Gasteiger charge is 2.20. The Balaban J connectivity index is 1.60. The minimum absolute atomic E-state index is 0.121. The van der Waals surface area contributed by atoms with Crippen molar-refractivity contribution >= 4 is 32.3 Å². The van der Waals surface area contributed by atoms with E-state index in [-0.39, 0.29) is 5.41 Å². The summed E-state index contributed by atoms with van der Waals surface area (Å²) in [7, 11) is 0. The molecule has 40 heavy (non-hydrogen) atoms. The van der Waals surface area contributed by atoms with Gasteiger partial charge in [-0.05, 0) is 88.8 Å². The van der Waals surface area contributed by atoms with Gasteiger partial charge in [-0.25, -0.2) is 0 Å². The lowest BCUT2D eigenvalue weighted by molar-refractivity contribution is 0.590. The van der Waals surface area contributed by atoms with E-state index in [1.807, 2.05) is 0 Å². The highest BCUT2D eigenvalue weighted by atomic mass is 14.2. The quantitative estimate of drug-likeness (QED) is 0.207. The Morgan fingerprint density at radius 1 is 0.375 bits per heavy atom. The summed E-state index contributed by atoms with van der Waals surface area (Å²) in [6.45, 7) is 6.82. The van der Waals surface area contributed by atoms with Gasteiger partial charge in [-0.2, -0.15) is 0 Å². The van der Waals surface area contributed by atoms with Crippen LogP contribution in [0.15, 0.2) is 140 Å². The van der Waals surface area contributed by atoms with E-state index in [1.54, 1.807) is 0 Å². The molecule has 7 rings (SSSR count). The summed E-state index contributed by atoms with van der Waals surface area (Å²) < 4.78 is 0. The van der Waals surface area contributed by atoms with Gasteiger partial charge in [0.1, 0.15) is 0 Å². The lowest BCUT2D eigenvalue weighted by Gasteiger charge is -2.22. The van der Waals surface area contributed by atoms with Gasteiger partial charge >= 0.3 is 0 Å². The van der Waals surface area contributed by atoms with Crippen molar-refractivity contribution in [2.24, 2.45) is 0 Å². The van der Waals surface area contributed by atoms with Crippen molar-refractivity contribution in [3.05, 3.63) is 145 Å². The molecular formula is C40H32. The van der Waals surface area contributed by atoms with Crippen molar-refractivity contribution < 1.29 is 0 Å². The second-order valence-electron chi connectivity index (χ2n) is 11.8. The third-order valence-corrected chi connectivity index (χ3v) is 8.21. The van der Waals surface area contributed by atoms with Crippen LogP contribution in [0.2, 0.25) is 0 Å². The Labute approximate surface area is 236 Å². The molecule has 192 valence electrons. The molecule has 0 unspecified atom stereocenters. The maximum Gasteiger partial charge on any atom is -0.00199 e. The van der Waals surface area contributed by atoms with Crippen LogP contribution in [0.1, 0.15) is 26.3 Å². The molecule has 0 fully saturated rings. The van der Waals surface area contributed by atoms with Crippen LogP contribution in [0, 0.1) is 0 Å². The van der Waals surface area contributed by atoms with E-state index in [0.717, 1.165) is 0 Å². The summed E-state index contributed by atoms with van der Waals surface area (Å²) in [5.41, 5.74) is 9.10. The molecule has 0 saturated heterocycles. The molecule has 0 aromatic heterocycles. The van der Waals surface area contributed by atoms with Gasteiger partial charge in [0.05, 0.1) is 0 Å². The number of benzene rings is 7. The molecule has 0 nitrogen and oxygen atoms in total. The summed E-state index contributed by atoms with van der Waals surface area (Å²) >= 11 is 0. The van der Waals surface area contributed by atoms with Gasteiger partial charge in [-0.3, -0.25) is 0 Å². The molecule has 0 aliphatic heterocycles. The lowest BCUT2D eigenvalue weighted by Crippen LogP contribution is -2.10. The molecule has 0 bridgehead atoms. The van der Waals surface area contributed by atoms with E-state index < -0.39 is 0 Å². The smallest absolute Gasteiger partial charge is 0.00199 e. The zero-order chi connectivity index (χ0) is 27.3. The lowest BCUT2D eigenvalue weighted by atomic mass is 9.82. The zero-order valence-electron chi connectivity index (χ0n) is 23.3. The summed E-state index contributed by atoms with van der Waals surface area (Å²) in [4.78, 5) is 0. The first kappa shape index (κ1) is 24.4. The van der Waals surface area contributed by atoms with E-state index in [4.69, 9.17) is 0 Å². The number of fused-ring (bicyclic) bond motifs is 3. The SMILES string of the molecule is CC(C)(C)c1ccc(-c2c3ccccc3c(-c3cc4ccccc4cc3-c3ccccc3)c3ccccc23)cc1. The largest absolute Gasteiger partial charge is 0.0622 e. The van der Waals surface area contributed by atoms with Gasteiger partial charge in [0.25, 0.3) is 0 Å². The van der Waals surface area contributed by atoms with Crippen LogP contribution in [-0.2, 0) is 5.41 Å². The average molecular weight is 513 g/mol. The first-order valence-corrected chi connectivity index (χ1v) is 14.1. The van der Waals surface area contributed by atoms with E-state index in [2.05, 4.69) is 160 Å². The van der Waals surface area contributed by atoms with Crippen molar-refractivity contribution in [2.45, 2.75) is 26.2 Å². The van der Waals surface area contributed by atoms with Gasteiger partial charge < -0.3 is 0 Å². The third-order valence-electron chi connectivity index (χ3n) is 8.21. The summed E-state index contributed by atoms with van der Waals surface area (Å²) in [5.74, 6) is 0. The molecule has 0 radical (unpaired) electrons. The van der Waals surface area contributed by atoms with Crippen LogP contribution < -0.4 is 0 Å². The zero-order valence-corrected chi connectivity index (χ0v) is 23.3. The Kier molecular flexibility index (Phi) is 5.79. The fourth-order valence-corrected chi connectivity index (χ4v) is 6.17. The predicted molar refractivity (Wildman–Crippen MR) is 174 cm³/mol. The summed E-state index contributed by atoms with van der Waals surface area (Å²) in [5, 5.41) is 7.65. The molecule has 0 heteroatoms. The van der Waals surface area contributed by atoms with Gasteiger partial charge in [0, 0.05) is 0 Å². The monoisotopic (exact) mass is 512 g/mol. The van der Waals surface area contributed by atoms with Crippen LogP contribution in [0.25, 0.3) is 65.7 Å². The van der Waals surface area contributed by atoms with Crippen molar-refractivity contribution in [2.75, 3.05) is 0 Å². The second-order valence-corrected chi connectivity index (χ2v) is 11.8. The number of rotatable bonds is 3. The third kappa shape index (κ3) is 4.08. The Morgan fingerprint density at radius 2 is 0.825 bits per heavy atom. The molecule has 0 N–H and O–H groups in total. The summed E-state index contributed by atoms with van der Waals surface area (Å²) in [6, 6.07) is 51.4. The topological polar surface area (TPSA) is 0 Å². The van der Waals surface area contributed by atoms with Gasteiger partial charge in [0.2, 0.25) is 0 Å². The molecule has 0 heterocycles. The minimum Gasteiger partial charge on any atom is -0.0622 e. The Morgan fingerprint density at radius 3 is 1.35 bits per heavy atom. The maximum absolute atomic E-state index is 2.39. The molecule has 0 spiro atoms. The van der Waals surface area contributed by atoms with E-state index in [0.29, 0.717) is 0 Å². The standard InChI is InChI=1S/C40H32/c1-40(2,3)31-23-21-28(22-24-31)38-32-17-9-11-19-34(32)39(35-20-12-10-18-33(35)38)37-26-30-16-8-7-15-29(30)25-36(37)27-13-5-4-6-14-27/h4-26H,1-3H3. The first-order valence-electron chi connectivity index (χ1n) is 14.1. The van der Waals surface area contributed by atoms with E-state index >= 15 is 0 Å². The average Bonchev–Trinajstić information content (AvgIpc) is 2.99. The molecule has 0 saturated carbocycles. The normalized spacial score (nSPS) is 11.9. The van der Waals surface area contributed by atoms with Crippen LogP contribution in [-0.4, -0.2) is 0 Å². The van der Waals surface area contributed by atoms with Crippen LogP contribution in [0.3, 0.4) is 0 Å². The highest BCUT2D eigenvalue weighted by molar-refractivity contribution is 6.23. The molecule has 0 aliphatic rings. The molecule has 7 aromatic carbocycles. The van der Waals surface area contributed by atoms with E-state index in [1.165, 1.54) is 71.3 Å². The molecular weight excluding hydrogens is 480 g/mol. The highest BCUT2D eigenvalue weighted by Crippen LogP contribution is 2.47. The second kappa shape index (κ2) is 9.50. The molecule has 0 aliphatic carbocycles. The van der Waals surface area contributed by atoms with Gasteiger partial charge in [-0.15, -0.1) is 0 Å². The van der Waals surface area contributed by atoms with Gasteiger partial charge in [0.15, 0.2) is 0 Å². The van der Waals surface area contributed by atoms with Crippen LogP contribution >= 0.6 is 0 Å². The maximum atomic E-state index is 2.39.